The molecule has 0 saturated heterocycles. The van der Waals surface area contributed by atoms with Gasteiger partial charge in [-0.05, 0) is 39.0 Å². The fourth-order valence-electron chi connectivity index (χ4n) is 3.65. The van der Waals surface area contributed by atoms with E-state index < -0.39 is 0 Å². The third kappa shape index (κ3) is 5.10. The molecule has 2 unspecified atom stereocenters. The van der Waals surface area contributed by atoms with Gasteiger partial charge in [-0.2, -0.15) is 0 Å². The molecule has 1 aliphatic carbocycles. The number of ether oxygens (including phenoxy) is 2. The molecule has 0 amide bonds. The Morgan fingerprint density at radius 3 is 2.50 bits per heavy atom. The van der Waals surface area contributed by atoms with E-state index in [2.05, 4.69) is 41.1 Å². The van der Waals surface area contributed by atoms with Crippen LogP contribution in [0, 0.1) is 5.41 Å². The van der Waals surface area contributed by atoms with Crippen LogP contribution >= 0.6 is 0 Å². The van der Waals surface area contributed by atoms with Gasteiger partial charge in [0.2, 0.25) is 0 Å². The van der Waals surface area contributed by atoms with Gasteiger partial charge in [0.15, 0.2) is 5.96 Å². The van der Waals surface area contributed by atoms with Crippen LogP contribution in [-0.2, 0) is 14.3 Å². The van der Waals surface area contributed by atoms with Crippen molar-refractivity contribution in [3.05, 3.63) is 0 Å². The molecule has 0 aromatic carbocycles. The molecule has 6 nitrogen and oxygen atoms in total. The Labute approximate surface area is 146 Å². The number of carbonyl (C=O) groups is 1. The van der Waals surface area contributed by atoms with E-state index in [9.17, 15) is 4.79 Å². The maximum absolute atomic E-state index is 11.1. The lowest BCUT2D eigenvalue weighted by Gasteiger charge is -2.55. The molecule has 6 heteroatoms. The van der Waals surface area contributed by atoms with Crippen molar-refractivity contribution in [3.8, 4) is 0 Å². The van der Waals surface area contributed by atoms with Gasteiger partial charge in [0.05, 0.1) is 13.2 Å². The lowest BCUT2D eigenvalue weighted by molar-refractivity contribution is -0.140. The number of hydrogen-bond donors (Lipinski definition) is 2. The van der Waals surface area contributed by atoms with Crippen molar-refractivity contribution in [1.29, 1.82) is 0 Å². The molecule has 1 rings (SSSR count). The highest BCUT2D eigenvalue weighted by molar-refractivity contribution is 5.80. The molecule has 140 valence electrons. The van der Waals surface area contributed by atoms with Crippen molar-refractivity contribution in [2.75, 3.05) is 27.3 Å². The molecule has 1 aliphatic rings. The fraction of sp³-hybridized carbons (Fsp3) is 0.889. The van der Waals surface area contributed by atoms with E-state index in [4.69, 9.17) is 4.74 Å². The van der Waals surface area contributed by atoms with Crippen LogP contribution in [0.15, 0.2) is 4.99 Å². The standard InChI is InChI=1S/C18H35N3O3/c1-6-18(7-2)14(13-15(18)24-8-3)21-17(19-4)20-12-10-9-11-16(22)23-5/h14-15H,6-13H2,1-5H3,(H2,19,20,21). The molecule has 1 fully saturated rings. The molecule has 0 aromatic heterocycles. The zero-order valence-electron chi connectivity index (χ0n) is 16.0. The van der Waals surface area contributed by atoms with Crippen LogP contribution in [-0.4, -0.2) is 51.4 Å². The summed E-state index contributed by atoms with van der Waals surface area (Å²) in [5.41, 5.74) is 0.193. The summed E-state index contributed by atoms with van der Waals surface area (Å²) in [6.07, 6.45) is 5.77. The smallest absolute Gasteiger partial charge is 0.305 e. The number of esters is 1. The average Bonchev–Trinajstić information content (AvgIpc) is 2.59. The minimum atomic E-state index is -0.149. The summed E-state index contributed by atoms with van der Waals surface area (Å²) in [6.45, 7) is 8.11. The Kier molecular flexibility index (Phi) is 9.11. The molecule has 0 aromatic rings. The van der Waals surface area contributed by atoms with Crippen molar-refractivity contribution in [3.63, 3.8) is 0 Å². The number of methoxy groups -OCH3 is 1. The molecule has 1 saturated carbocycles. The maximum Gasteiger partial charge on any atom is 0.305 e. The Morgan fingerprint density at radius 2 is 1.96 bits per heavy atom. The SMILES string of the molecule is CCOC1CC(NC(=NC)NCCCCC(=O)OC)C1(CC)CC. The summed E-state index contributed by atoms with van der Waals surface area (Å²) in [4.78, 5) is 15.4. The van der Waals surface area contributed by atoms with Gasteiger partial charge in [-0.25, -0.2) is 0 Å². The molecule has 0 bridgehead atoms. The van der Waals surface area contributed by atoms with Gasteiger partial charge in [-0.15, -0.1) is 0 Å². The average molecular weight is 341 g/mol. The zero-order chi connectivity index (χ0) is 18.0. The highest BCUT2D eigenvalue weighted by atomic mass is 16.5. The molecule has 0 spiro atoms. The Morgan fingerprint density at radius 1 is 1.25 bits per heavy atom. The van der Waals surface area contributed by atoms with Crippen LogP contribution in [0.3, 0.4) is 0 Å². The van der Waals surface area contributed by atoms with E-state index >= 15 is 0 Å². The van der Waals surface area contributed by atoms with Gasteiger partial charge in [-0.1, -0.05) is 13.8 Å². The van der Waals surface area contributed by atoms with Gasteiger partial charge >= 0.3 is 5.97 Å². The summed E-state index contributed by atoms with van der Waals surface area (Å²) in [7, 11) is 3.22. The summed E-state index contributed by atoms with van der Waals surface area (Å²) in [5.74, 6) is 0.684. The van der Waals surface area contributed by atoms with Crippen molar-refractivity contribution in [2.24, 2.45) is 10.4 Å². The lowest BCUT2D eigenvalue weighted by atomic mass is 9.58. The first-order valence-electron chi connectivity index (χ1n) is 9.23. The molecule has 0 aliphatic heterocycles. The van der Waals surface area contributed by atoms with E-state index in [1.807, 2.05) is 0 Å². The summed E-state index contributed by atoms with van der Waals surface area (Å²) in [5, 5.41) is 6.90. The van der Waals surface area contributed by atoms with Gasteiger partial charge in [-0.3, -0.25) is 9.79 Å². The molecule has 0 heterocycles. The number of hydrogen-bond acceptors (Lipinski definition) is 4. The molecule has 2 atom stereocenters. The predicted octanol–water partition coefficient (Wildman–Crippen LogP) is 2.48. The van der Waals surface area contributed by atoms with Crippen molar-refractivity contribution < 1.29 is 14.3 Å². The van der Waals surface area contributed by atoms with E-state index in [1.165, 1.54) is 7.11 Å². The van der Waals surface area contributed by atoms with Crippen molar-refractivity contribution in [2.45, 2.75) is 71.4 Å². The maximum atomic E-state index is 11.1. The van der Waals surface area contributed by atoms with E-state index in [-0.39, 0.29) is 11.4 Å². The van der Waals surface area contributed by atoms with E-state index in [0.717, 1.165) is 51.2 Å². The Bertz CT molecular complexity index is 408. The number of nitrogens with one attached hydrogen (secondary N) is 2. The van der Waals surface area contributed by atoms with Crippen LogP contribution in [0.1, 0.15) is 59.3 Å². The van der Waals surface area contributed by atoms with Crippen LogP contribution in [0.4, 0.5) is 0 Å². The number of unbranched alkanes of at least 4 members (excludes halogenated alkanes) is 1. The zero-order valence-corrected chi connectivity index (χ0v) is 16.0. The van der Waals surface area contributed by atoms with Crippen LogP contribution in [0.25, 0.3) is 0 Å². The monoisotopic (exact) mass is 341 g/mol. The summed E-state index contributed by atoms with van der Waals surface area (Å²) in [6, 6.07) is 0.394. The first-order valence-corrected chi connectivity index (χ1v) is 9.23. The Balaban J connectivity index is 2.41. The minimum absolute atomic E-state index is 0.149. The largest absolute Gasteiger partial charge is 0.469 e. The minimum Gasteiger partial charge on any atom is -0.469 e. The number of aliphatic imine (C=N–C) groups is 1. The van der Waals surface area contributed by atoms with Crippen LogP contribution < -0.4 is 10.6 Å². The molecule has 2 N–H and O–H groups in total. The number of nitrogens with zero attached hydrogens (tertiary/aromatic N) is 1. The summed E-state index contributed by atoms with van der Waals surface area (Å²) >= 11 is 0. The number of rotatable bonds is 10. The quantitative estimate of drug-likeness (QED) is 0.276. The summed E-state index contributed by atoms with van der Waals surface area (Å²) < 4.78 is 10.6. The van der Waals surface area contributed by atoms with Crippen LogP contribution in [0.2, 0.25) is 0 Å². The van der Waals surface area contributed by atoms with Gasteiger partial charge in [0.25, 0.3) is 0 Å². The lowest BCUT2D eigenvalue weighted by Crippen LogP contribution is -2.65. The Hall–Kier alpha value is -1.30. The fourth-order valence-corrected chi connectivity index (χ4v) is 3.65. The third-order valence-corrected chi connectivity index (χ3v) is 5.33. The van der Waals surface area contributed by atoms with Crippen LogP contribution in [0.5, 0.6) is 0 Å². The highest BCUT2D eigenvalue weighted by Crippen LogP contribution is 2.48. The van der Waals surface area contributed by atoms with Crippen molar-refractivity contribution in [1.82, 2.24) is 10.6 Å². The molecular weight excluding hydrogens is 306 g/mol. The first kappa shape index (κ1) is 20.7. The molecule has 0 radical (unpaired) electrons. The van der Waals surface area contributed by atoms with Gasteiger partial charge < -0.3 is 20.1 Å². The van der Waals surface area contributed by atoms with Crippen molar-refractivity contribution >= 4 is 11.9 Å². The van der Waals surface area contributed by atoms with E-state index in [1.54, 1.807) is 7.05 Å². The topological polar surface area (TPSA) is 72.0 Å². The van der Waals surface area contributed by atoms with Gasteiger partial charge in [0.1, 0.15) is 0 Å². The third-order valence-electron chi connectivity index (χ3n) is 5.33. The second-order valence-corrected chi connectivity index (χ2v) is 6.35. The number of carbonyl (C=O) groups excluding carboxylic acids is 1. The normalized spacial score (nSPS) is 22.6. The predicted molar refractivity (Wildman–Crippen MR) is 97.2 cm³/mol. The van der Waals surface area contributed by atoms with E-state index in [0.29, 0.717) is 18.6 Å². The molecule has 24 heavy (non-hydrogen) atoms. The number of guanidine groups is 1. The second kappa shape index (κ2) is 10.5. The first-order chi connectivity index (χ1) is 11.6. The second-order valence-electron chi connectivity index (χ2n) is 6.35. The van der Waals surface area contributed by atoms with Gasteiger partial charge in [0, 0.05) is 38.1 Å². The highest BCUT2D eigenvalue weighted by Gasteiger charge is 2.53. The molecular formula is C18H35N3O3.